The van der Waals surface area contributed by atoms with Gasteiger partial charge in [0, 0.05) is 18.7 Å². The molecular weight excluding hydrogens is 295 g/mol. The van der Waals surface area contributed by atoms with Crippen LogP contribution in [0.4, 0.5) is 4.39 Å². The van der Waals surface area contributed by atoms with Crippen molar-refractivity contribution < 1.29 is 14.0 Å². The van der Waals surface area contributed by atoms with Crippen LogP contribution < -0.4 is 5.32 Å². The van der Waals surface area contributed by atoms with Crippen molar-refractivity contribution >= 4 is 23.4 Å². The first kappa shape index (κ1) is 15.8. The fourth-order valence-electron chi connectivity index (χ4n) is 2.66. The van der Waals surface area contributed by atoms with E-state index in [1.165, 1.54) is 12.1 Å². The van der Waals surface area contributed by atoms with Gasteiger partial charge in [0.2, 0.25) is 5.91 Å². The highest BCUT2D eigenvalue weighted by Crippen LogP contribution is 2.31. The molecule has 1 heterocycles. The van der Waals surface area contributed by atoms with Gasteiger partial charge in [-0.2, -0.15) is 0 Å². The van der Waals surface area contributed by atoms with E-state index in [-0.39, 0.29) is 16.8 Å². The second-order valence-electron chi connectivity index (χ2n) is 5.32. The predicted molar refractivity (Wildman–Crippen MR) is 78.8 cm³/mol. The Kier molecular flexibility index (Phi) is 4.52. The summed E-state index contributed by atoms with van der Waals surface area (Å²) in [5.74, 6) is -1.03. The molecule has 1 aromatic rings. The summed E-state index contributed by atoms with van der Waals surface area (Å²) in [7, 11) is 0. The number of nitrogens with one attached hydrogen (secondary N) is 1. The van der Waals surface area contributed by atoms with Crippen LogP contribution in [0.15, 0.2) is 18.2 Å². The second kappa shape index (κ2) is 6.02. The molecule has 114 valence electrons. The minimum absolute atomic E-state index is 0.0974. The molecule has 0 bridgehead atoms. The predicted octanol–water partition coefficient (Wildman–Crippen LogP) is 2.61. The maximum Gasteiger partial charge on any atom is 0.254 e. The third-order valence-corrected chi connectivity index (χ3v) is 4.17. The minimum atomic E-state index is -0.867. The maximum atomic E-state index is 13.2. The van der Waals surface area contributed by atoms with E-state index in [4.69, 9.17) is 11.6 Å². The molecule has 21 heavy (non-hydrogen) atoms. The first-order valence-corrected chi connectivity index (χ1v) is 7.33. The number of benzene rings is 1. The molecular formula is C15H18ClFN2O2. The fourth-order valence-corrected chi connectivity index (χ4v) is 2.84. The Labute approximate surface area is 128 Å². The molecule has 0 aromatic heterocycles. The number of hydrogen-bond donors (Lipinski definition) is 1. The van der Waals surface area contributed by atoms with Crippen LogP contribution in [0, 0.1) is 5.82 Å². The zero-order valence-electron chi connectivity index (χ0n) is 12.1. The number of likely N-dealkylation sites (tertiary alicyclic amines) is 1. The molecule has 0 spiro atoms. The third kappa shape index (κ3) is 2.88. The van der Waals surface area contributed by atoms with Crippen LogP contribution in [-0.2, 0) is 4.79 Å². The minimum Gasteiger partial charge on any atom is -0.354 e. The van der Waals surface area contributed by atoms with E-state index in [0.717, 1.165) is 12.5 Å². The molecule has 0 saturated carbocycles. The topological polar surface area (TPSA) is 49.4 Å². The van der Waals surface area contributed by atoms with Gasteiger partial charge in [-0.15, -0.1) is 0 Å². The zero-order chi connectivity index (χ0) is 15.6. The smallest absolute Gasteiger partial charge is 0.254 e. The van der Waals surface area contributed by atoms with Gasteiger partial charge in [0.1, 0.15) is 11.4 Å². The third-order valence-electron chi connectivity index (χ3n) is 3.88. The number of rotatable bonds is 3. The molecule has 1 atom stereocenters. The number of likely N-dealkylation sites (N-methyl/N-ethyl adjacent to an activating group) is 1. The number of carbonyl (C=O) groups is 2. The highest BCUT2D eigenvalue weighted by molar-refractivity contribution is 6.31. The van der Waals surface area contributed by atoms with Gasteiger partial charge in [0.25, 0.3) is 5.91 Å². The highest BCUT2D eigenvalue weighted by atomic mass is 35.5. The van der Waals surface area contributed by atoms with Gasteiger partial charge in [0.15, 0.2) is 0 Å². The summed E-state index contributed by atoms with van der Waals surface area (Å²) in [6.45, 7) is 4.61. The molecule has 1 aromatic carbocycles. The van der Waals surface area contributed by atoms with Gasteiger partial charge >= 0.3 is 0 Å². The highest BCUT2D eigenvalue weighted by Gasteiger charge is 2.45. The van der Waals surface area contributed by atoms with Crippen LogP contribution in [0.3, 0.4) is 0 Å². The fraction of sp³-hybridized carbons (Fsp3) is 0.467. The first-order valence-electron chi connectivity index (χ1n) is 6.95. The lowest BCUT2D eigenvalue weighted by molar-refractivity contribution is -0.129. The Morgan fingerprint density at radius 3 is 2.81 bits per heavy atom. The number of hydrogen-bond acceptors (Lipinski definition) is 2. The second-order valence-corrected chi connectivity index (χ2v) is 5.73. The quantitative estimate of drug-likeness (QED) is 0.932. The van der Waals surface area contributed by atoms with Crippen LogP contribution in [0.25, 0.3) is 0 Å². The van der Waals surface area contributed by atoms with E-state index in [9.17, 15) is 14.0 Å². The monoisotopic (exact) mass is 312 g/mol. The molecule has 1 N–H and O–H groups in total. The zero-order valence-corrected chi connectivity index (χ0v) is 12.8. The summed E-state index contributed by atoms with van der Waals surface area (Å²) in [5.41, 5.74) is -0.577. The first-order chi connectivity index (χ1) is 9.90. The largest absolute Gasteiger partial charge is 0.354 e. The average molecular weight is 313 g/mol. The summed E-state index contributed by atoms with van der Waals surface area (Å²) < 4.78 is 13.2. The molecule has 0 radical (unpaired) electrons. The molecule has 0 aliphatic carbocycles. The number of halogens is 2. The maximum absolute atomic E-state index is 13.2. The van der Waals surface area contributed by atoms with E-state index >= 15 is 0 Å². The van der Waals surface area contributed by atoms with Gasteiger partial charge in [-0.3, -0.25) is 9.59 Å². The van der Waals surface area contributed by atoms with E-state index in [2.05, 4.69) is 5.32 Å². The van der Waals surface area contributed by atoms with E-state index in [0.29, 0.717) is 25.1 Å². The molecule has 2 rings (SSSR count). The molecule has 6 heteroatoms. The van der Waals surface area contributed by atoms with Crippen molar-refractivity contribution in [2.45, 2.75) is 32.2 Å². The standard InChI is InChI=1S/C15H18ClFN2O2/c1-3-18-14(21)15(2)7-4-8-19(15)13(20)10-5-6-12(17)11(16)9-10/h5-6,9H,3-4,7-8H2,1-2H3,(H,18,21). The molecule has 1 unspecified atom stereocenters. The summed E-state index contributed by atoms with van der Waals surface area (Å²) in [4.78, 5) is 26.4. The number of amides is 2. The average Bonchev–Trinajstić information content (AvgIpc) is 2.85. The van der Waals surface area contributed by atoms with Crippen LogP contribution in [-0.4, -0.2) is 35.3 Å². The van der Waals surface area contributed by atoms with Crippen LogP contribution >= 0.6 is 11.6 Å². The normalized spacial score (nSPS) is 21.4. The molecule has 4 nitrogen and oxygen atoms in total. The van der Waals surface area contributed by atoms with Gasteiger partial charge in [0.05, 0.1) is 5.02 Å². The Balaban J connectivity index is 2.28. The van der Waals surface area contributed by atoms with Crippen LogP contribution in [0.5, 0.6) is 0 Å². The molecule has 2 amide bonds. The van der Waals surface area contributed by atoms with Crippen molar-refractivity contribution in [2.75, 3.05) is 13.1 Å². The van der Waals surface area contributed by atoms with Crippen molar-refractivity contribution in [2.24, 2.45) is 0 Å². The van der Waals surface area contributed by atoms with E-state index < -0.39 is 11.4 Å². The van der Waals surface area contributed by atoms with Crippen molar-refractivity contribution in [3.63, 3.8) is 0 Å². The lowest BCUT2D eigenvalue weighted by Crippen LogP contribution is -2.55. The molecule has 1 aliphatic rings. The van der Waals surface area contributed by atoms with Gasteiger partial charge in [-0.25, -0.2) is 4.39 Å². The number of carbonyl (C=O) groups excluding carboxylic acids is 2. The summed E-state index contributed by atoms with van der Waals surface area (Å²) >= 11 is 5.72. The van der Waals surface area contributed by atoms with Crippen LogP contribution in [0.1, 0.15) is 37.0 Å². The van der Waals surface area contributed by atoms with Crippen molar-refractivity contribution in [1.29, 1.82) is 0 Å². The lowest BCUT2D eigenvalue weighted by atomic mass is 9.97. The van der Waals surface area contributed by atoms with E-state index in [1.54, 1.807) is 11.8 Å². The molecule has 1 saturated heterocycles. The Bertz CT molecular complexity index is 579. The Morgan fingerprint density at radius 1 is 1.48 bits per heavy atom. The Hall–Kier alpha value is -1.62. The summed E-state index contributed by atoms with van der Waals surface area (Å²) in [6.07, 6.45) is 1.37. The van der Waals surface area contributed by atoms with Crippen molar-refractivity contribution in [3.8, 4) is 0 Å². The summed E-state index contributed by atoms with van der Waals surface area (Å²) in [6, 6.07) is 3.85. The molecule has 1 aliphatic heterocycles. The van der Waals surface area contributed by atoms with Crippen molar-refractivity contribution in [1.82, 2.24) is 10.2 Å². The van der Waals surface area contributed by atoms with E-state index in [1.807, 2.05) is 6.92 Å². The van der Waals surface area contributed by atoms with Gasteiger partial charge in [-0.05, 0) is 44.9 Å². The van der Waals surface area contributed by atoms with Gasteiger partial charge in [-0.1, -0.05) is 11.6 Å². The number of nitrogens with zero attached hydrogens (tertiary/aromatic N) is 1. The van der Waals surface area contributed by atoms with Crippen LogP contribution in [0.2, 0.25) is 5.02 Å². The Morgan fingerprint density at radius 2 is 2.19 bits per heavy atom. The summed E-state index contributed by atoms with van der Waals surface area (Å²) in [5, 5.41) is 2.67. The van der Waals surface area contributed by atoms with Gasteiger partial charge < -0.3 is 10.2 Å². The molecule has 1 fully saturated rings. The lowest BCUT2D eigenvalue weighted by Gasteiger charge is -2.34. The van der Waals surface area contributed by atoms with Crippen molar-refractivity contribution in [3.05, 3.63) is 34.6 Å². The SMILES string of the molecule is CCNC(=O)C1(C)CCCN1C(=O)c1ccc(F)c(Cl)c1.